The molecule has 16 heteroatoms. The van der Waals surface area contributed by atoms with Crippen LogP contribution in [-0.2, 0) is 59.3 Å². The Hall–Kier alpha value is -6.10. The molecule has 4 heterocycles. The van der Waals surface area contributed by atoms with E-state index in [1.54, 1.807) is 27.0 Å². The van der Waals surface area contributed by atoms with Crippen LogP contribution >= 0.6 is 0 Å². The van der Waals surface area contributed by atoms with E-state index in [0.29, 0.717) is 50.0 Å². The van der Waals surface area contributed by atoms with Gasteiger partial charge in [0.15, 0.2) is 17.2 Å². The zero-order valence-electron chi connectivity index (χ0n) is 40.2. The molecule has 3 aromatic carbocycles. The first-order valence-electron chi connectivity index (χ1n) is 23.5. The maximum atomic E-state index is 16.4. The van der Waals surface area contributed by atoms with Crippen molar-refractivity contribution < 1.29 is 48.0 Å². The summed E-state index contributed by atoms with van der Waals surface area (Å²) in [6, 6.07) is 13.5. The third kappa shape index (κ3) is 10.0. The first-order chi connectivity index (χ1) is 32.3. The Morgan fingerprint density at radius 2 is 1.85 bits per heavy atom. The normalized spacial score (nSPS) is 21.3. The topological polar surface area (TPSA) is 183 Å². The van der Waals surface area contributed by atoms with E-state index >= 15 is 4.39 Å². The number of hydrogen-bond donors (Lipinski definition) is 4. The highest BCUT2D eigenvalue weighted by atomic mass is 19.1. The largest absolute Gasteiger partial charge is 0.505 e. The van der Waals surface area contributed by atoms with Crippen LogP contribution in [0.3, 0.4) is 0 Å². The molecular weight excluding hydrogens is 872 g/mol. The molecule has 0 aliphatic carbocycles. The molecule has 0 saturated carbocycles. The predicted molar refractivity (Wildman–Crippen MR) is 255 cm³/mol. The average Bonchev–Trinajstić information content (AvgIpc) is 3.87. The van der Waals surface area contributed by atoms with Crippen LogP contribution in [-0.4, -0.2) is 130 Å². The predicted octanol–water partition coefficient (Wildman–Crippen LogP) is 5.31. The number of ether oxygens (including phenoxy) is 2. The smallest absolute Gasteiger partial charge is 0.324 e. The van der Waals surface area contributed by atoms with Gasteiger partial charge in [0.05, 0.1) is 25.5 Å². The minimum Gasteiger partial charge on any atom is -0.505 e. The zero-order valence-corrected chi connectivity index (χ0v) is 40.2. The number of amides is 4. The molecule has 2 saturated heterocycles. The van der Waals surface area contributed by atoms with E-state index in [0.717, 1.165) is 44.3 Å². The number of aliphatic hydroxyl groups is 1. The van der Waals surface area contributed by atoms with Gasteiger partial charge >= 0.3 is 5.97 Å². The summed E-state index contributed by atoms with van der Waals surface area (Å²) in [7, 11) is 3.05. The van der Waals surface area contributed by atoms with Gasteiger partial charge in [-0.3, -0.25) is 29.0 Å². The maximum Gasteiger partial charge on any atom is 0.324 e. The molecule has 68 heavy (non-hydrogen) atoms. The Labute approximate surface area is 397 Å². The van der Waals surface area contributed by atoms with Gasteiger partial charge in [0.1, 0.15) is 18.1 Å². The summed E-state index contributed by atoms with van der Waals surface area (Å²) in [6.07, 6.45) is 2.58. The van der Waals surface area contributed by atoms with Crippen molar-refractivity contribution >= 4 is 40.5 Å². The second-order valence-corrected chi connectivity index (χ2v) is 19.5. The standard InChI is InChI=1S/C52H65FN6O9/c1-9-43(61)57-22-20-52(66,29-57)50(65)56(7)45(31(3)4)47(62)54-40-26-35-24-34(27-42(60)44(35)53)33-17-18-41-37(25-33)38(46(58(41)10-2)36-15-12-11-14-32(36)19-23-67-8)28-51(5,6)30-68-49(64)39-16-13-21-59(55-39)48(40)63/h9,11-12,14-15,17-18,24-25,27,31,39-40,45,55,60,66H,1,10,13,16,19-23,26,28-30H2,2-8H3,(H,54,62)/t39-,40-,45-,52?/m0/s1. The number of methoxy groups -OCH3 is 1. The van der Waals surface area contributed by atoms with Crippen molar-refractivity contribution in [1.29, 1.82) is 0 Å². The van der Waals surface area contributed by atoms with E-state index in [9.17, 15) is 34.2 Å². The van der Waals surface area contributed by atoms with Crippen LogP contribution in [0.15, 0.2) is 67.3 Å². The number of hydrogen-bond acceptors (Lipinski definition) is 10. The monoisotopic (exact) mass is 936 g/mol. The van der Waals surface area contributed by atoms with Gasteiger partial charge in [-0.2, -0.15) is 0 Å². The van der Waals surface area contributed by atoms with E-state index in [1.807, 2.05) is 44.2 Å². The van der Waals surface area contributed by atoms with Gasteiger partial charge in [-0.25, -0.2) is 9.82 Å². The number of likely N-dealkylation sites (N-methyl/N-ethyl adjacent to an activating group) is 1. The van der Waals surface area contributed by atoms with Gasteiger partial charge in [0.2, 0.25) is 11.8 Å². The van der Waals surface area contributed by atoms with E-state index in [1.165, 1.54) is 23.0 Å². The molecule has 4 atom stereocenters. The van der Waals surface area contributed by atoms with Gasteiger partial charge < -0.3 is 39.4 Å². The minimum atomic E-state index is -1.98. The number of fused-ring (bicyclic) bond motifs is 6. The summed E-state index contributed by atoms with van der Waals surface area (Å²) >= 11 is 0. The number of nitrogens with one attached hydrogen (secondary N) is 2. The fourth-order valence-electron chi connectivity index (χ4n) is 10.1. The van der Waals surface area contributed by atoms with Crippen molar-refractivity contribution in [3.8, 4) is 28.1 Å². The molecule has 3 aliphatic heterocycles. The Balaban J connectivity index is 1.33. The lowest BCUT2D eigenvalue weighted by atomic mass is 9.83. The van der Waals surface area contributed by atoms with Gasteiger partial charge in [0, 0.05) is 68.5 Å². The lowest BCUT2D eigenvalue weighted by Gasteiger charge is -2.37. The number of rotatable bonds is 11. The van der Waals surface area contributed by atoms with Gasteiger partial charge in [0.25, 0.3) is 11.8 Å². The first-order valence-corrected chi connectivity index (χ1v) is 23.5. The molecule has 0 spiro atoms. The van der Waals surface area contributed by atoms with Crippen molar-refractivity contribution in [1.82, 2.24) is 30.1 Å². The molecular formula is C52H65FN6O9. The van der Waals surface area contributed by atoms with Crippen LogP contribution in [0.1, 0.15) is 70.6 Å². The zero-order chi connectivity index (χ0) is 49.2. The number of aromatic hydroxyl groups is 1. The number of aromatic nitrogens is 1. The van der Waals surface area contributed by atoms with Crippen LogP contribution in [0.4, 0.5) is 4.39 Å². The summed E-state index contributed by atoms with van der Waals surface area (Å²) in [5.74, 6) is -5.40. The Bertz CT molecular complexity index is 2610. The number of halogens is 1. The molecule has 4 amide bonds. The molecule has 0 radical (unpaired) electrons. The lowest BCUT2D eigenvalue weighted by molar-refractivity contribution is -0.156. The van der Waals surface area contributed by atoms with Crippen molar-refractivity contribution in [2.24, 2.45) is 11.3 Å². The third-order valence-electron chi connectivity index (χ3n) is 13.6. The van der Waals surface area contributed by atoms with Crippen molar-refractivity contribution in [3.05, 3.63) is 89.8 Å². The van der Waals surface area contributed by atoms with Crippen molar-refractivity contribution in [2.45, 2.75) is 103 Å². The number of benzene rings is 3. The number of likely N-dealkylation sites (tertiary alicyclic amines) is 1. The van der Waals surface area contributed by atoms with E-state index in [2.05, 4.69) is 40.9 Å². The van der Waals surface area contributed by atoms with E-state index in [4.69, 9.17) is 9.47 Å². The highest BCUT2D eigenvalue weighted by Crippen LogP contribution is 2.42. The van der Waals surface area contributed by atoms with Gasteiger partial charge in [-0.1, -0.05) is 64.6 Å². The number of phenolic OH excluding ortho intramolecular Hbond substituents is 1. The van der Waals surface area contributed by atoms with Crippen LogP contribution in [0.25, 0.3) is 33.3 Å². The molecule has 15 nitrogen and oxygen atoms in total. The number of carbonyl (C=O) groups is 5. The molecule has 3 aliphatic rings. The number of carbonyl (C=O) groups excluding carboxylic acids is 5. The minimum absolute atomic E-state index is 0.0627. The molecule has 364 valence electrons. The summed E-state index contributed by atoms with van der Waals surface area (Å²) in [6.45, 7) is 14.3. The maximum absolute atomic E-state index is 16.4. The lowest BCUT2D eigenvalue weighted by Crippen LogP contribution is -2.63. The number of aryl methyl sites for hydroxylation is 1. The molecule has 4 N–H and O–H groups in total. The van der Waals surface area contributed by atoms with Crippen LogP contribution < -0.4 is 10.7 Å². The number of cyclic esters (lactones) is 1. The third-order valence-corrected chi connectivity index (χ3v) is 13.6. The molecule has 1 aromatic heterocycles. The van der Waals surface area contributed by atoms with Crippen molar-refractivity contribution in [2.75, 3.05) is 47.0 Å². The number of nitrogens with zero attached hydrogens (tertiary/aromatic N) is 4. The quantitative estimate of drug-likeness (QED) is 0.114. The van der Waals surface area contributed by atoms with E-state index in [-0.39, 0.29) is 38.2 Å². The fourth-order valence-corrected chi connectivity index (χ4v) is 10.1. The van der Waals surface area contributed by atoms with Gasteiger partial charge in [-0.05, 0) is 96.7 Å². The van der Waals surface area contributed by atoms with Crippen LogP contribution in [0, 0.1) is 17.2 Å². The summed E-state index contributed by atoms with van der Waals surface area (Å²) < 4.78 is 30.2. The highest BCUT2D eigenvalue weighted by Gasteiger charge is 2.48. The summed E-state index contributed by atoms with van der Waals surface area (Å²) in [5, 5.41) is 27.7. The Morgan fingerprint density at radius 3 is 2.56 bits per heavy atom. The van der Waals surface area contributed by atoms with Crippen molar-refractivity contribution in [3.63, 3.8) is 0 Å². The molecule has 6 bridgehead atoms. The average molecular weight is 937 g/mol. The van der Waals surface area contributed by atoms with E-state index < -0.39 is 82.6 Å². The second-order valence-electron chi connectivity index (χ2n) is 19.5. The molecule has 7 rings (SSSR count). The first kappa shape index (κ1) is 49.8. The Morgan fingerprint density at radius 1 is 1.10 bits per heavy atom. The molecule has 4 aromatic rings. The summed E-state index contributed by atoms with van der Waals surface area (Å²) in [5.41, 5.74) is 6.72. The number of esters is 1. The fraction of sp³-hybridized carbons (Fsp3) is 0.481. The highest BCUT2D eigenvalue weighted by molar-refractivity contribution is 5.97. The SMILES string of the molecule is C=CC(=O)N1CCC(O)(C(=O)N(C)[C@H](C(=O)N[C@H]2Cc3cc(cc(O)c3F)-c3ccc4c(c3)c(c(-c3ccccc3CCOC)n4CC)CC(C)(C)COC(=O)[C@@H]3CCCN(N3)C2=O)C(C)C)C1. The number of β-amino-alcohol motifs (C(OH)–C–C–N with tert-alkyl or cyclic N) is 1. The van der Waals surface area contributed by atoms with Crippen LogP contribution in [0.2, 0.25) is 0 Å². The molecule has 1 unspecified atom stereocenters. The summed E-state index contributed by atoms with van der Waals surface area (Å²) in [4.78, 5) is 71.9. The molecule has 2 fully saturated rings. The van der Waals surface area contributed by atoms with Crippen LogP contribution in [0.5, 0.6) is 5.75 Å². The number of hydrazine groups is 1. The Kier molecular flexibility index (Phi) is 14.8. The number of phenols is 1. The van der Waals surface area contributed by atoms with Gasteiger partial charge in [-0.15, -0.1) is 0 Å². The second kappa shape index (κ2) is 20.2.